The van der Waals surface area contributed by atoms with Crippen LogP contribution in [0.25, 0.3) is 0 Å². The molecule has 5 heteroatoms. The van der Waals surface area contributed by atoms with E-state index in [2.05, 4.69) is 16.8 Å². The maximum absolute atomic E-state index is 10.6. The fourth-order valence-electron chi connectivity index (χ4n) is 1.51. The summed E-state index contributed by atoms with van der Waals surface area (Å²) in [7, 11) is 0. The molecule has 0 aliphatic rings. The van der Waals surface area contributed by atoms with E-state index in [1.807, 2.05) is 18.3 Å². The number of carbonyl (C=O) groups is 1. The molecule has 90 valence electrons. The van der Waals surface area contributed by atoms with E-state index in [4.69, 9.17) is 5.73 Å². The van der Waals surface area contributed by atoms with Gasteiger partial charge in [0.2, 0.25) is 5.91 Å². The standard InChI is InChI=1S/C11H19N3O2/c1-2-5-14-6-3-4-9(14)7-13-8-10(15)11(12)16/h3-4,6,10,13,15H,2,5,7-8H2,1H3,(H2,12,16). The van der Waals surface area contributed by atoms with Gasteiger partial charge in [-0.15, -0.1) is 0 Å². The zero-order chi connectivity index (χ0) is 12.0. The van der Waals surface area contributed by atoms with Crippen molar-refractivity contribution in [2.75, 3.05) is 6.54 Å². The second-order valence-electron chi connectivity index (χ2n) is 3.74. The summed E-state index contributed by atoms with van der Waals surface area (Å²) in [6, 6.07) is 4.00. The SMILES string of the molecule is CCCn1cccc1CNCC(O)C(N)=O. The number of aliphatic hydroxyl groups is 1. The molecule has 0 spiro atoms. The van der Waals surface area contributed by atoms with Gasteiger partial charge in [0, 0.05) is 31.5 Å². The summed E-state index contributed by atoms with van der Waals surface area (Å²) in [5.41, 5.74) is 6.08. The Hall–Kier alpha value is -1.33. The number of hydrogen-bond donors (Lipinski definition) is 3. The molecule has 0 aliphatic heterocycles. The molecule has 1 rings (SSSR count). The Labute approximate surface area is 95.3 Å². The highest BCUT2D eigenvalue weighted by atomic mass is 16.3. The molecule has 1 amide bonds. The van der Waals surface area contributed by atoms with Crippen molar-refractivity contribution in [2.45, 2.75) is 32.5 Å². The Balaban J connectivity index is 2.36. The van der Waals surface area contributed by atoms with Crippen LogP contribution in [0.3, 0.4) is 0 Å². The topological polar surface area (TPSA) is 80.3 Å². The van der Waals surface area contributed by atoms with Crippen molar-refractivity contribution in [3.8, 4) is 0 Å². The van der Waals surface area contributed by atoms with Crippen molar-refractivity contribution in [2.24, 2.45) is 5.73 Å². The van der Waals surface area contributed by atoms with Gasteiger partial charge in [-0.2, -0.15) is 0 Å². The number of amides is 1. The Kier molecular flexibility index (Phi) is 5.01. The molecule has 1 unspecified atom stereocenters. The predicted octanol–water partition coefficient (Wildman–Crippen LogP) is -0.166. The van der Waals surface area contributed by atoms with Crippen LogP contribution in [0.1, 0.15) is 19.0 Å². The lowest BCUT2D eigenvalue weighted by molar-refractivity contribution is -0.125. The van der Waals surface area contributed by atoms with Crippen molar-refractivity contribution in [3.05, 3.63) is 24.0 Å². The van der Waals surface area contributed by atoms with E-state index in [0.29, 0.717) is 6.54 Å². The van der Waals surface area contributed by atoms with Crippen molar-refractivity contribution in [1.29, 1.82) is 0 Å². The molecule has 5 nitrogen and oxygen atoms in total. The van der Waals surface area contributed by atoms with Crippen LogP contribution in [0.2, 0.25) is 0 Å². The molecule has 0 radical (unpaired) electrons. The summed E-state index contributed by atoms with van der Waals surface area (Å²) in [4.78, 5) is 10.6. The first kappa shape index (κ1) is 12.7. The summed E-state index contributed by atoms with van der Waals surface area (Å²) >= 11 is 0. The quantitative estimate of drug-likeness (QED) is 0.603. The first-order valence-electron chi connectivity index (χ1n) is 5.47. The summed E-state index contributed by atoms with van der Waals surface area (Å²) in [5, 5.41) is 12.2. The molecule has 0 fully saturated rings. The number of aryl methyl sites for hydroxylation is 1. The minimum Gasteiger partial charge on any atom is -0.382 e. The zero-order valence-electron chi connectivity index (χ0n) is 9.52. The molecule has 1 atom stereocenters. The number of hydrogen-bond acceptors (Lipinski definition) is 3. The van der Waals surface area contributed by atoms with E-state index < -0.39 is 12.0 Å². The summed E-state index contributed by atoms with van der Waals surface area (Å²) < 4.78 is 2.14. The number of nitrogens with one attached hydrogen (secondary N) is 1. The molecule has 1 aromatic rings. The maximum Gasteiger partial charge on any atom is 0.247 e. The van der Waals surface area contributed by atoms with Crippen molar-refractivity contribution >= 4 is 5.91 Å². The summed E-state index contributed by atoms with van der Waals surface area (Å²) in [5.74, 6) is -0.698. The number of carbonyl (C=O) groups excluding carboxylic acids is 1. The van der Waals surface area contributed by atoms with Crippen LogP contribution in [-0.2, 0) is 17.9 Å². The Morgan fingerprint density at radius 1 is 1.69 bits per heavy atom. The van der Waals surface area contributed by atoms with Gasteiger partial charge in [0.15, 0.2) is 0 Å². The Morgan fingerprint density at radius 3 is 3.06 bits per heavy atom. The van der Waals surface area contributed by atoms with E-state index in [-0.39, 0.29) is 6.54 Å². The van der Waals surface area contributed by atoms with Crippen LogP contribution < -0.4 is 11.1 Å². The van der Waals surface area contributed by atoms with Gasteiger partial charge in [0.1, 0.15) is 6.10 Å². The lowest BCUT2D eigenvalue weighted by Gasteiger charge is -2.10. The van der Waals surface area contributed by atoms with E-state index in [0.717, 1.165) is 18.7 Å². The normalized spacial score (nSPS) is 12.6. The average Bonchev–Trinajstić information content (AvgIpc) is 2.66. The van der Waals surface area contributed by atoms with E-state index >= 15 is 0 Å². The van der Waals surface area contributed by atoms with Gasteiger partial charge in [0.25, 0.3) is 0 Å². The number of aliphatic hydroxyl groups excluding tert-OH is 1. The molecule has 0 saturated heterocycles. The highest BCUT2D eigenvalue weighted by Gasteiger charge is 2.09. The monoisotopic (exact) mass is 225 g/mol. The number of primary amides is 1. The van der Waals surface area contributed by atoms with Gasteiger partial charge in [0.05, 0.1) is 0 Å². The summed E-state index contributed by atoms with van der Waals surface area (Å²) in [6.07, 6.45) is 1.98. The Morgan fingerprint density at radius 2 is 2.44 bits per heavy atom. The largest absolute Gasteiger partial charge is 0.382 e. The molecule has 0 aromatic carbocycles. The molecular formula is C11H19N3O2. The van der Waals surface area contributed by atoms with Crippen LogP contribution in [0.15, 0.2) is 18.3 Å². The van der Waals surface area contributed by atoms with Gasteiger partial charge < -0.3 is 20.7 Å². The third kappa shape index (κ3) is 3.67. The maximum atomic E-state index is 10.6. The number of aromatic nitrogens is 1. The molecule has 1 heterocycles. The molecule has 4 N–H and O–H groups in total. The minimum atomic E-state index is -1.12. The van der Waals surface area contributed by atoms with Crippen LogP contribution in [0.4, 0.5) is 0 Å². The highest BCUT2D eigenvalue weighted by molar-refractivity contribution is 5.78. The van der Waals surface area contributed by atoms with Crippen LogP contribution >= 0.6 is 0 Å². The Bertz CT molecular complexity index is 336. The van der Waals surface area contributed by atoms with E-state index in [1.54, 1.807) is 0 Å². The molecule has 1 aromatic heterocycles. The van der Waals surface area contributed by atoms with Gasteiger partial charge in [-0.25, -0.2) is 0 Å². The summed E-state index contributed by atoms with van der Waals surface area (Å²) in [6.45, 7) is 3.90. The number of nitrogens with zero attached hydrogens (tertiary/aromatic N) is 1. The first-order chi connectivity index (χ1) is 7.65. The highest BCUT2D eigenvalue weighted by Crippen LogP contribution is 2.03. The minimum absolute atomic E-state index is 0.187. The second-order valence-corrected chi connectivity index (χ2v) is 3.74. The average molecular weight is 225 g/mol. The lowest BCUT2D eigenvalue weighted by atomic mass is 10.3. The third-order valence-corrected chi connectivity index (χ3v) is 2.36. The fourth-order valence-corrected chi connectivity index (χ4v) is 1.51. The zero-order valence-corrected chi connectivity index (χ0v) is 9.52. The molecular weight excluding hydrogens is 206 g/mol. The van der Waals surface area contributed by atoms with Gasteiger partial charge in [-0.1, -0.05) is 6.92 Å². The third-order valence-electron chi connectivity index (χ3n) is 2.36. The molecule has 16 heavy (non-hydrogen) atoms. The van der Waals surface area contributed by atoms with Crippen LogP contribution in [-0.4, -0.2) is 28.2 Å². The van der Waals surface area contributed by atoms with Crippen LogP contribution in [0.5, 0.6) is 0 Å². The van der Waals surface area contributed by atoms with Gasteiger partial charge >= 0.3 is 0 Å². The fraction of sp³-hybridized carbons (Fsp3) is 0.545. The van der Waals surface area contributed by atoms with Crippen LogP contribution in [0, 0.1) is 0 Å². The molecule has 0 aliphatic carbocycles. The lowest BCUT2D eigenvalue weighted by Crippen LogP contribution is -2.37. The first-order valence-corrected chi connectivity index (χ1v) is 5.47. The van der Waals surface area contributed by atoms with Gasteiger partial charge in [-0.3, -0.25) is 4.79 Å². The van der Waals surface area contributed by atoms with Crippen molar-refractivity contribution in [3.63, 3.8) is 0 Å². The molecule has 0 bridgehead atoms. The predicted molar refractivity (Wildman–Crippen MR) is 61.6 cm³/mol. The van der Waals surface area contributed by atoms with E-state index in [9.17, 15) is 9.90 Å². The van der Waals surface area contributed by atoms with Crippen molar-refractivity contribution in [1.82, 2.24) is 9.88 Å². The van der Waals surface area contributed by atoms with E-state index in [1.165, 1.54) is 0 Å². The number of nitrogens with two attached hydrogens (primary N) is 1. The molecule has 0 saturated carbocycles. The smallest absolute Gasteiger partial charge is 0.247 e. The number of rotatable bonds is 7. The van der Waals surface area contributed by atoms with Gasteiger partial charge in [-0.05, 0) is 18.6 Å². The second kappa shape index (κ2) is 6.30. The van der Waals surface area contributed by atoms with Crippen molar-refractivity contribution < 1.29 is 9.90 Å².